The Bertz CT molecular complexity index is 1700. The molecule has 11 nitrogen and oxygen atoms in total. The topological polar surface area (TPSA) is 130 Å². The molecule has 0 saturated heterocycles. The van der Waals surface area contributed by atoms with E-state index in [1.54, 1.807) is 5.32 Å². The fourth-order valence-electron chi connectivity index (χ4n) is 3.78. The Labute approximate surface area is 203 Å². The third-order valence-corrected chi connectivity index (χ3v) is 7.11. The highest BCUT2D eigenvalue weighted by Gasteiger charge is 2.44. The molecule has 0 spiro atoms. The van der Waals surface area contributed by atoms with Crippen molar-refractivity contribution in [2.24, 2.45) is 7.05 Å². The monoisotopic (exact) mass is 546 g/mol. The van der Waals surface area contributed by atoms with E-state index < -0.39 is 51.2 Å². The van der Waals surface area contributed by atoms with Gasteiger partial charge in [0.2, 0.25) is 0 Å². The Morgan fingerprint density at radius 3 is 2.51 bits per heavy atom. The molecule has 4 aromatic rings. The number of fused-ring (bicyclic) bond motifs is 3. The first-order chi connectivity index (χ1) is 17.2. The standard InChI is InChI=1S/C20H15F5N6O5S/c1-3-37(33,34)18-14(15-26-5-4-10(31(15)29-18)17(32)27-8-19(21,22)23)16-28-9-6-12-13(7-11(9)30(16)2)36-20(24,25)35-12/h4-7H,3,8H2,1-2H3,(H,27,32). The number of sulfone groups is 1. The van der Waals surface area contributed by atoms with E-state index in [1.165, 1.54) is 30.7 Å². The molecule has 37 heavy (non-hydrogen) atoms. The van der Waals surface area contributed by atoms with Crippen molar-refractivity contribution in [2.75, 3.05) is 12.3 Å². The molecule has 5 rings (SSSR count). The molecule has 1 aliphatic heterocycles. The first-order valence-corrected chi connectivity index (χ1v) is 12.1. The minimum absolute atomic E-state index is 0.0205. The lowest BCUT2D eigenvalue weighted by Crippen LogP contribution is -2.34. The second kappa shape index (κ2) is 7.99. The van der Waals surface area contributed by atoms with Gasteiger partial charge in [-0.1, -0.05) is 6.92 Å². The number of rotatable bonds is 5. The summed E-state index contributed by atoms with van der Waals surface area (Å²) in [5, 5.41) is 5.19. The summed E-state index contributed by atoms with van der Waals surface area (Å²) < 4.78 is 102. The summed E-state index contributed by atoms with van der Waals surface area (Å²) >= 11 is 0. The van der Waals surface area contributed by atoms with Gasteiger partial charge in [-0.3, -0.25) is 4.79 Å². The van der Waals surface area contributed by atoms with Crippen molar-refractivity contribution in [3.05, 3.63) is 30.1 Å². The molecule has 0 saturated carbocycles. The Kier molecular flexibility index (Phi) is 5.33. The van der Waals surface area contributed by atoms with Crippen LogP contribution in [-0.4, -0.2) is 63.2 Å². The number of imidazole rings is 1. The van der Waals surface area contributed by atoms with Crippen molar-refractivity contribution in [3.8, 4) is 22.9 Å². The predicted octanol–water partition coefficient (Wildman–Crippen LogP) is 2.69. The van der Waals surface area contributed by atoms with Gasteiger partial charge in [0.05, 0.1) is 16.8 Å². The van der Waals surface area contributed by atoms with E-state index in [2.05, 4.69) is 24.5 Å². The minimum atomic E-state index is -4.68. The minimum Gasteiger partial charge on any atom is -0.395 e. The molecule has 0 atom stereocenters. The van der Waals surface area contributed by atoms with Crippen LogP contribution in [-0.2, 0) is 16.9 Å². The van der Waals surface area contributed by atoms with E-state index in [9.17, 15) is 35.2 Å². The maximum atomic E-state index is 13.5. The molecule has 1 aliphatic rings. The van der Waals surface area contributed by atoms with Crippen LogP contribution in [0.25, 0.3) is 28.1 Å². The molecule has 17 heteroatoms. The van der Waals surface area contributed by atoms with E-state index in [1.807, 2.05) is 0 Å². The summed E-state index contributed by atoms with van der Waals surface area (Å²) in [5.74, 6) is -2.15. The number of halogens is 5. The van der Waals surface area contributed by atoms with Crippen LogP contribution in [0.2, 0.25) is 0 Å². The summed E-state index contributed by atoms with van der Waals surface area (Å²) in [4.78, 5) is 21.0. The number of benzene rings is 1. The smallest absolute Gasteiger partial charge is 0.395 e. The van der Waals surface area contributed by atoms with Crippen LogP contribution in [0.15, 0.2) is 29.4 Å². The van der Waals surface area contributed by atoms with Gasteiger partial charge in [-0.05, 0) is 6.07 Å². The molecule has 0 bridgehead atoms. The maximum Gasteiger partial charge on any atom is 0.586 e. The highest BCUT2D eigenvalue weighted by molar-refractivity contribution is 7.91. The van der Waals surface area contributed by atoms with Gasteiger partial charge in [0.15, 0.2) is 32.0 Å². The maximum absolute atomic E-state index is 13.5. The van der Waals surface area contributed by atoms with Crippen LogP contribution in [0.3, 0.4) is 0 Å². The third kappa shape index (κ3) is 4.17. The number of hydrogen-bond acceptors (Lipinski definition) is 8. The van der Waals surface area contributed by atoms with Crippen molar-refractivity contribution in [1.82, 2.24) is 29.5 Å². The van der Waals surface area contributed by atoms with Crippen molar-refractivity contribution in [3.63, 3.8) is 0 Å². The van der Waals surface area contributed by atoms with Crippen molar-refractivity contribution < 1.29 is 44.6 Å². The molecule has 0 radical (unpaired) electrons. The van der Waals surface area contributed by atoms with Crippen LogP contribution < -0.4 is 14.8 Å². The highest BCUT2D eigenvalue weighted by atomic mass is 32.2. The van der Waals surface area contributed by atoms with E-state index in [0.717, 1.165) is 16.8 Å². The van der Waals surface area contributed by atoms with Gasteiger partial charge < -0.3 is 19.4 Å². The fourth-order valence-corrected chi connectivity index (χ4v) is 4.75. The quantitative estimate of drug-likeness (QED) is 0.379. The predicted molar refractivity (Wildman–Crippen MR) is 115 cm³/mol. The molecule has 1 amide bonds. The van der Waals surface area contributed by atoms with Gasteiger partial charge in [0.1, 0.15) is 23.6 Å². The van der Waals surface area contributed by atoms with Gasteiger partial charge in [0.25, 0.3) is 5.91 Å². The Morgan fingerprint density at radius 2 is 1.86 bits per heavy atom. The molecule has 1 N–H and O–H groups in total. The zero-order valence-electron chi connectivity index (χ0n) is 18.8. The number of aromatic nitrogens is 5. The van der Waals surface area contributed by atoms with Crippen LogP contribution in [0, 0.1) is 0 Å². The Morgan fingerprint density at radius 1 is 1.19 bits per heavy atom. The van der Waals surface area contributed by atoms with Crippen LogP contribution in [0.5, 0.6) is 11.5 Å². The Balaban J connectivity index is 1.72. The number of alkyl halides is 5. The van der Waals surface area contributed by atoms with Crippen molar-refractivity contribution in [2.45, 2.75) is 24.4 Å². The van der Waals surface area contributed by atoms with Gasteiger partial charge in [-0.25, -0.2) is 22.9 Å². The summed E-state index contributed by atoms with van der Waals surface area (Å²) in [6.07, 6.45) is -7.44. The largest absolute Gasteiger partial charge is 0.586 e. The SMILES string of the molecule is CCS(=O)(=O)c1nn2c(C(=O)NCC(F)(F)F)ccnc2c1-c1nc2cc3c(cc2n1C)OC(F)(F)O3. The third-order valence-electron chi connectivity index (χ3n) is 5.47. The number of aryl methyl sites for hydroxylation is 1. The average Bonchev–Trinajstić information content (AvgIpc) is 3.44. The van der Waals surface area contributed by atoms with Crippen molar-refractivity contribution >= 4 is 32.4 Å². The van der Waals surface area contributed by atoms with Gasteiger partial charge in [-0.2, -0.15) is 18.3 Å². The lowest BCUT2D eigenvalue weighted by atomic mass is 10.3. The second-order valence-corrected chi connectivity index (χ2v) is 10.1. The van der Waals surface area contributed by atoms with E-state index in [0.29, 0.717) is 0 Å². The normalized spacial score (nSPS) is 15.0. The molecular weight excluding hydrogens is 531 g/mol. The zero-order valence-corrected chi connectivity index (χ0v) is 19.6. The summed E-state index contributed by atoms with van der Waals surface area (Å²) in [6, 6.07) is 3.48. The summed E-state index contributed by atoms with van der Waals surface area (Å²) in [6.45, 7) is -0.273. The van der Waals surface area contributed by atoms with Crippen molar-refractivity contribution in [1.29, 1.82) is 0 Å². The molecule has 0 unspecified atom stereocenters. The molecule has 3 aromatic heterocycles. The number of nitrogens with zero attached hydrogens (tertiary/aromatic N) is 5. The molecule has 1 aromatic carbocycles. The van der Waals surface area contributed by atoms with Crippen LogP contribution >= 0.6 is 0 Å². The number of carbonyl (C=O) groups is 1. The van der Waals surface area contributed by atoms with Crippen LogP contribution in [0.1, 0.15) is 17.4 Å². The summed E-state index contributed by atoms with van der Waals surface area (Å²) in [7, 11) is -2.61. The Hall–Kier alpha value is -4.02. The number of carbonyl (C=O) groups excluding carboxylic acids is 1. The van der Waals surface area contributed by atoms with E-state index in [4.69, 9.17) is 0 Å². The molecule has 0 aliphatic carbocycles. The highest BCUT2D eigenvalue weighted by Crippen LogP contribution is 2.44. The number of hydrogen-bond donors (Lipinski definition) is 1. The van der Waals surface area contributed by atoms with Crippen LogP contribution in [0.4, 0.5) is 22.0 Å². The van der Waals surface area contributed by atoms with Gasteiger partial charge >= 0.3 is 12.5 Å². The zero-order chi connectivity index (χ0) is 26.9. The average molecular weight is 546 g/mol. The fraction of sp³-hybridized carbons (Fsp3) is 0.300. The lowest BCUT2D eigenvalue weighted by molar-refractivity contribution is -0.286. The molecule has 196 valence electrons. The summed E-state index contributed by atoms with van der Waals surface area (Å²) in [5.41, 5.74) is -0.339. The lowest BCUT2D eigenvalue weighted by Gasteiger charge is -2.09. The van der Waals surface area contributed by atoms with Gasteiger partial charge in [-0.15, -0.1) is 8.78 Å². The number of nitrogens with one attached hydrogen (secondary N) is 1. The van der Waals surface area contributed by atoms with E-state index >= 15 is 0 Å². The second-order valence-electron chi connectivity index (χ2n) is 7.90. The molecule has 4 heterocycles. The molecule has 0 fully saturated rings. The molecular formula is C20H15F5N6O5S. The first kappa shape index (κ1) is 24.7. The first-order valence-electron chi connectivity index (χ1n) is 10.4. The number of ether oxygens (including phenoxy) is 2. The van der Waals surface area contributed by atoms with Gasteiger partial charge in [0, 0.05) is 25.4 Å². The van der Waals surface area contributed by atoms with E-state index in [-0.39, 0.29) is 39.6 Å². The number of amides is 1.